The van der Waals surface area contributed by atoms with E-state index in [1.54, 1.807) is 0 Å². The second-order valence-electron chi connectivity index (χ2n) is 10.0. The van der Waals surface area contributed by atoms with Gasteiger partial charge in [0.05, 0.1) is 10.6 Å². The Morgan fingerprint density at radius 2 is 1.74 bits per heavy atom. The molecule has 0 unspecified atom stereocenters. The Balaban J connectivity index is 1.21. The summed E-state index contributed by atoms with van der Waals surface area (Å²) in [7, 11) is 0. The van der Waals surface area contributed by atoms with Crippen molar-refractivity contribution in [3.63, 3.8) is 0 Å². The van der Waals surface area contributed by atoms with E-state index in [0.29, 0.717) is 22.0 Å². The van der Waals surface area contributed by atoms with Crippen LogP contribution in [0.5, 0.6) is 0 Å². The molecule has 1 amide bonds. The molecule has 0 bridgehead atoms. The van der Waals surface area contributed by atoms with Crippen molar-refractivity contribution in [2.24, 2.45) is 5.41 Å². The van der Waals surface area contributed by atoms with Crippen LogP contribution in [0.25, 0.3) is 0 Å². The fourth-order valence-electron chi connectivity index (χ4n) is 5.90. The monoisotopic (exact) mass is 477 g/mol. The van der Waals surface area contributed by atoms with Crippen LogP contribution in [-0.4, -0.2) is 62.7 Å². The number of nitrogens with one attached hydrogen (secondary N) is 1. The minimum atomic E-state index is 0.133. The quantitative estimate of drug-likeness (QED) is 0.719. The first-order valence-electron chi connectivity index (χ1n) is 12.3. The molecule has 0 aromatic heterocycles. The number of benzene rings is 2. The van der Waals surface area contributed by atoms with E-state index < -0.39 is 0 Å². The molecule has 178 valence electrons. The van der Waals surface area contributed by atoms with Crippen LogP contribution in [0.1, 0.15) is 42.1 Å². The second-order valence-corrected chi connectivity index (χ2v) is 10.4. The van der Waals surface area contributed by atoms with Crippen molar-refractivity contribution >= 4 is 28.9 Å². The number of carbonyl (C=O) groups is 1. The first-order chi connectivity index (χ1) is 16.5. The second kappa shape index (κ2) is 9.48. The average molecular weight is 478 g/mol. The van der Waals surface area contributed by atoms with Gasteiger partial charge in [-0.3, -0.25) is 4.79 Å². The number of hydrogen-bond acceptors (Lipinski definition) is 5. The van der Waals surface area contributed by atoms with Crippen molar-refractivity contribution < 1.29 is 4.79 Å². The maximum absolute atomic E-state index is 12.7. The van der Waals surface area contributed by atoms with Crippen molar-refractivity contribution in [1.82, 2.24) is 10.2 Å². The lowest BCUT2D eigenvalue weighted by Gasteiger charge is -2.40. The standard InChI is InChI=1S/C27H32ClN5O/c1-20-17-27(19-33(20)24-7-4-22(18-29)25(28)16-24)8-12-31(13-9-27)23-5-2-21(3-6-23)26(34)32-14-10-30-11-15-32/h2-7,16,20,30H,8-15,17,19H2,1H3/t20-/m0/s1. The largest absolute Gasteiger partial charge is 0.371 e. The Morgan fingerprint density at radius 1 is 1.06 bits per heavy atom. The van der Waals surface area contributed by atoms with Crippen LogP contribution in [0.2, 0.25) is 5.02 Å². The van der Waals surface area contributed by atoms with Crippen molar-refractivity contribution in [3.8, 4) is 6.07 Å². The van der Waals surface area contributed by atoms with Gasteiger partial charge in [0.1, 0.15) is 6.07 Å². The zero-order valence-corrected chi connectivity index (χ0v) is 20.5. The number of piperazine rings is 1. The SMILES string of the molecule is C[C@H]1CC2(CCN(c3ccc(C(=O)N4CCNCC4)cc3)CC2)CN1c1ccc(C#N)c(Cl)c1. The van der Waals surface area contributed by atoms with E-state index in [4.69, 9.17) is 11.6 Å². The van der Waals surface area contributed by atoms with E-state index >= 15 is 0 Å². The molecule has 3 aliphatic heterocycles. The van der Waals surface area contributed by atoms with Gasteiger partial charge in [-0.15, -0.1) is 0 Å². The van der Waals surface area contributed by atoms with Gasteiger partial charge in [0.25, 0.3) is 5.91 Å². The van der Waals surface area contributed by atoms with Gasteiger partial charge < -0.3 is 20.0 Å². The molecule has 6 nitrogen and oxygen atoms in total. The van der Waals surface area contributed by atoms with E-state index in [1.807, 2.05) is 35.2 Å². The highest BCUT2D eigenvalue weighted by molar-refractivity contribution is 6.32. The van der Waals surface area contributed by atoms with E-state index in [1.165, 1.54) is 12.1 Å². The van der Waals surface area contributed by atoms with Gasteiger partial charge in [0.2, 0.25) is 0 Å². The maximum atomic E-state index is 12.7. The first-order valence-corrected chi connectivity index (χ1v) is 12.7. The van der Waals surface area contributed by atoms with Crippen LogP contribution < -0.4 is 15.1 Å². The number of nitriles is 1. The van der Waals surface area contributed by atoms with Crippen molar-refractivity contribution in [3.05, 3.63) is 58.6 Å². The molecule has 34 heavy (non-hydrogen) atoms. The summed E-state index contributed by atoms with van der Waals surface area (Å²) in [6.07, 6.45) is 3.48. The molecule has 3 fully saturated rings. The van der Waals surface area contributed by atoms with Gasteiger partial charge in [-0.2, -0.15) is 5.26 Å². The Kier molecular flexibility index (Phi) is 6.42. The molecule has 1 N–H and O–H groups in total. The Labute approximate surface area is 207 Å². The lowest BCUT2D eigenvalue weighted by molar-refractivity contribution is 0.0736. The van der Waals surface area contributed by atoms with Gasteiger partial charge >= 0.3 is 0 Å². The molecule has 5 rings (SSSR count). The van der Waals surface area contributed by atoms with Crippen LogP contribution in [0.15, 0.2) is 42.5 Å². The number of rotatable bonds is 3. The number of hydrogen-bond donors (Lipinski definition) is 1. The van der Waals surface area contributed by atoms with Crippen LogP contribution in [-0.2, 0) is 0 Å². The first kappa shape index (κ1) is 23.0. The fraction of sp³-hybridized carbons (Fsp3) is 0.481. The fourth-order valence-corrected chi connectivity index (χ4v) is 6.12. The molecule has 0 radical (unpaired) electrons. The molecular formula is C27H32ClN5O. The van der Waals surface area contributed by atoms with Crippen LogP contribution >= 0.6 is 11.6 Å². The Hall–Kier alpha value is -2.75. The van der Waals surface area contributed by atoms with Gasteiger partial charge in [-0.05, 0) is 74.1 Å². The third-order valence-electron chi connectivity index (χ3n) is 7.88. The molecule has 2 aromatic rings. The molecular weight excluding hydrogens is 446 g/mol. The summed E-state index contributed by atoms with van der Waals surface area (Å²) in [4.78, 5) is 19.6. The summed E-state index contributed by atoms with van der Waals surface area (Å²) in [6.45, 7) is 8.67. The average Bonchev–Trinajstić information content (AvgIpc) is 3.20. The number of carbonyl (C=O) groups excluding carboxylic acids is 1. The lowest BCUT2D eigenvalue weighted by Crippen LogP contribution is -2.46. The number of piperidine rings is 1. The summed E-state index contributed by atoms with van der Waals surface area (Å²) in [5.74, 6) is 0.133. The zero-order valence-electron chi connectivity index (χ0n) is 19.8. The number of amides is 1. The lowest BCUT2D eigenvalue weighted by atomic mass is 9.76. The number of halogens is 1. The normalized spacial score (nSPS) is 22.1. The Bertz CT molecular complexity index is 1080. The van der Waals surface area contributed by atoms with Crippen molar-refractivity contribution in [2.75, 3.05) is 55.6 Å². The van der Waals surface area contributed by atoms with Crippen molar-refractivity contribution in [1.29, 1.82) is 5.26 Å². The maximum Gasteiger partial charge on any atom is 0.253 e. The highest BCUT2D eigenvalue weighted by Gasteiger charge is 2.44. The zero-order chi connectivity index (χ0) is 23.7. The van der Waals surface area contributed by atoms with Gasteiger partial charge in [0, 0.05) is 68.8 Å². The smallest absolute Gasteiger partial charge is 0.253 e. The predicted molar refractivity (Wildman–Crippen MR) is 137 cm³/mol. The summed E-state index contributed by atoms with van der Waals surface area (Å²) in [5, 5.41) is 13.0. The molecule has 7 heteroatoms. The highest BCUT2D eigenvalue weighted by atomic mass is 35.5. The van der Waals surface area contributed by atoms with Gasteiger partial charge in [0.15, 0.2) is 0 Å². The molecule has 3 aliphatic rings. The summed E-state index contributed by atoms with van der Waals surface area (Å²) in [6, 6.07) is 16.6. The van der Waals surface area contributed by atoms with E-state index in [2.05, 4.69) is 40.2 Å². The summed E-state index contributed by atoms with van der Waals surface area (Å²) in [5.41, 5.74) is 3.93. The number of anilines is 2. The Morgan fingerprint density at radius 3 is 2.38 bits per heavy atom. The third kappa shape index (κ3) is 4.47. The summed E-state index contributed by atoms with van der Waals surface area (Å²) >= 11 is 6.31. The van der Waals surface area contributed by atoms with Crippen LogP contribution in [0, 0.1) is 16.7 Å². The van der Waals surface area contributed by atoms with E-state index in [-0.39, 0.29) is 5.91 Å². The molecule has 1 spiro atoms. The third-order valence-corrected chi connectivity index (χ3v) is 8.19. The van der Waals surface area contributed by atoms with E-state index in [0.717, 1.165) is 69.9 Å². The van der Waals surface area contributed by atoms with E-state index in [9.17, 15) is 10.1 Å². The minimum Gasteiger partial charge on any atom is -0.371 e. The van der Waals surface area contributed by atoms with Crippen LogP contribution in [0.4, 0.5) is 11.4 Å². The molecule has 0 saturated carbocycles. The van der Waals surface area contributed by atoms with Gasteiger partial charge in [-0.1, -0.05) is 11.6 Å². The number of nitrogens with zero attached hydrogens (tertiary/aromatic N) is 4. The highest BCUT2D eigenvalue weighted by Crippen LogP contribution is 2.45. The molecule has 1 atom stereocenters. The molecule has 3 saturated heterocycles. The molecule has 0 aliphatic carbocycles. The molecule has 2 aromatic carbocycles. The predicted octanol–water partition coefficient (Wildman–Crippen LogP) is 4.14. The molecule has 3 heterocycles. The van der Waals surface area contributed by atoms with Crippen molar-refractivity contribution in [2.45, 2.75) is 32.2 Å². The van der Waals surface area contributed by atoms with Crippen LogP contribution in [0.3, 0.4) is 0 Å². The summed E-state index contributed by atoms with van der Waals surface area (Å²) < 4.78 is 0. The topological polar surface area (TPSA) is 62.6 Å². The van der Waals surface area contributed by atoms with Gasteiger partial charge in [-0.25, -0.2) is 0 Å². The minimum absolute atomic E-state index is 0.133.